The second kappa shape index (κ2) is 10.7. The van der Waals surface area contributed by atoms with Gasteiger partial charge in [-0.1, -0.05) is 6.92 Å². The van der Waals surface area contributed by atoms with Crippen LogP contribution in [-0.4, -0.2) is 76.2 Å². The molecule has 2 rings (SSSR count). The molecule has 154 valence electrons. The molecule has 8 nitrogen and oxygen atoms in total. The molecule has 0 bridgehead atoms. The highest BCUT2D eigenvalue weighted by molar-refractivity contribution is 7.88. The Morgan fingerprint density at radius 1 is 1.37 bits per heavy atom. The maximum atomic E-state index is 11.6. The zero-order valence-electron chi connectivity index (χ0n) is 16.6. The van der Waals surface area contributed by atoms with Gasteiger partial charge in [0.05, 0.1) is 18.6 Å². The van der Waals surface area contributed by atoms with Gasteiger partial charge in [-0.05, 0) is 44.5 Å². The number of nitrogens with one attached hydrogen (secondary N) is 2. The molecule has 1 aliphatic rings. The molecule has 2 heterocycles. The van der Waals surface area contributed by atoms with Crippen LogP contribution in [0, 0.1) is 0 Å². The number of hydrogen-bond donors (Lipinski definition) is 2. The van der Waals surface area contributed by atoms with E-state index in [0.29, 0.717) is 32.1 Å². The highest BCUT2D eigenvalue weighted by Gasteiger charge is 2.25. The van der Waals surface area contributed by atoms with Crippen molar-refractivity contribution in [2.45, 2.75) is 32.2 Å². The molecule has 2 N–H and O–H groups in total. The van der Waals surface area contributed by atoms with Crippen molar-refractivity contribution in [3.05, 3.63) is 24.2 Å². The van der Waals surface area contributed by atoms with Gasteiger partial charge in [0.25, 0.3) is 0 Å². The molecular formula is C18H33N5O3S. The molecule has 1 saturated heterocycles. The lowest BCUT2D eigenvalue weighted by atomic mass is 10.2. The van der Waals surface area contributed by atoms with Crippen LogP contribution in [-0.2, 0) is 10.0 Å². The van der Waals surface area contributed by atoms with Crippen molar-refractivity contribution in [2.24, 2.45) is 4.99 Å². The van der Waals surface area contributed by atoms with Crippen molar-refractivity contribution >= 4 is 16.0 Å². The van der Waals surface area contributed by atoms with Crippen molar-refractivity contribution in [3.63, 3.8) is 0 Å². The number of nitrogens with zero attached hydrogens (tertiary/aromatic N) is 3. The molecule has 0 aliphatic carbocycles. The van der Waals surface area contributed by atoms with Crippen molar-refractivity contribution < 1.29 is 12.8 Å². The fourth-order valence-corrected chi connectivity index (χ4v) is 4.31. The second-order valence-electron chi connectivity index (χ2n) is 6.76. The number of sulfonamides is 1. The molecule has 0 amide bonds. The molecule has 1 aliphatic heterocycles. The third-order valence-corrected chi connectivity index (χ3v) is 6.22. The molecule has 0 spiro atoms. The fraction of sp³-hybridized carbons (Fsp3) is 0.722. The Labute approximate surface area is 163 Å². The molecular weight excluding hydrogens is 366 g/mol. The van der Waals surface area contributed by atoms with Crippen LogP contribution < -0.4 is 10.6 Å². The number of furan rings is 1. The van der Waals surface area contributed by atoms with Gasteiger partial charge in [0, 0.05) is 33.2 Å². The summed E-state index contributed by atoms with van der Waals surface area (Å²) in [5, 5.41) is 6.63. The summed E-state index contributed by atoms with van der Waals surface area (Å²) in [6.45, 7) is 6.37. The molecule has 1 fully saturated rings. The predicted octanol–water partition coefficient (Wildman–Crippen LogP) is 1.25. The monoisotopic (exact) mass is 399 g/mol. The highest BCUT2D eigenvalue weighted by Crippen LogP contribution is 2.24. The van der Waals surface area contributed by atoms with E-state index >= 15 is 0 Å². The third kappa shape index (κ3) is 6.82. The molecule has 27 heavy (non-hydrogen) atoms. The largest absolute Gasteiger partial charge is 0.468 e. The smallest absolute Gasteiger partial charge is 0.211 e. The van der Waals surface area contributed by atoms with E-state index in [4.69, 9.17) is 4.42 Å². The van der Waals surface area contributed by atoms with Crippen LogP contribution in [0.15, 0.2) is 27.8 Å². The Kier molecular flexibility index (Phi) is 8.59. The topological polar surface area (TPSA) is 90.2 Å². The van der Waals surface area contributed by atoms with Gasteiger partial charge in [-0.3, -0.25) is 9.89 Å². The molecule has 1 atom stereocenters. The lowest BCUT2D eigenvalue weighted by Gasteiger charge is -2.26. The van der Waals surface area contributed by atoms with E-state index < -0.39 is 10.0 Å². The predicted molar refractivity (Wildman–Crippen MR) is 108 cm³/mol. The summed E-state index contributed by atoms with van der Waals surface area (Å²) in [6, 6.07) is 4.12. The van der Waals surface area contributed by atoms with Crippen LogP contribution >= 0.6 is 0 Å². The summed E-state index contributed by atoms with van der Waals surface area (Å²) >= 11 is 0. The Morgan fingerprint density at radius 2 is 2.11 bits per heavy atom. The average Bonchev–Trinajstić information content (AvgIpc) is 3.33. The minimum Gasteiger partial charge on any atom is -0.468 e. The maximum Gasteiger partial charge on any atom is 0.211 e. The van der Waals surface area contributed by atoms with Crippen molar-refractivity contribution in [1.82, 2.24) is 19.8 Å². The zero-order valence-corrected chi connectivity index (χ0v) is 17.5. The number of likely N-dealkylation sites (tertiary alicyclic amines) is 1. The van der Waals surface area contributed by atoms with E-state index in [9.17, 15) is 8.42 Å². The van der Waals surface area contributed by atoms with Gasteiger partial charge < -0.3 is 15.1 Å². The first-order valence-corrected chi connectivity index (χ1v) is 11.5. The summed E-state index contributed by atoms with van der Waals surface area (Å²) in [4.78, 5) is 6.70. The summed E-state index contributed by atoms with van der Waals surface area (Å²) in [7, 11) is -1.40. The highest BCUT2D eigenvalue weighted by atomic mass is 32.2. The second-order valence-corrected chi connectivity index (χ2v) is 8.74. The molecule has 0 aromatic carbocycles. The zero-order chi connectivity index (χ0) is 19.7. The van der Waals surface area contributed by atoms with Crippen molar-refractivity contribution in [1.29, 1.82) is 0 Å². The SMILES string of the molecule is CCN(CCCNC(=NC)NCC(c1ccco1)N1CCCC1)S(C)(=O)=O. The van der Waals surface area contributed by atoms with Gasteiger partial charge in [0.15, 0.2) is 5.96 Å². The van der Waals surface area contributed by atoms with E-state index in [0.717, 1.165) is 25.3 Å². The van der Waals surface area contributed by atoms with Gasteiger partial charge in [0.1, 0.15) is 5.76 Å². The summed E-state index contributed by atoms with van der Waals surface area (Å²) in [6.07, 6.45) is 6.12. The third-order valence-electron chi connectivity index (χ3n) is 4.84. The van der Waals surface area contributed by atoms with Gasteiger partial charge in [-0.2, -0.15) is 0 Å². The van der Waals surface area contributed by atoms with Gasteiger partial charge in [-0.15, -0.1) is 0 Å². The quantitative estimate of drug-likeness (QED) is 0.350. The van der Waals surface area contributed by atoms with Crippen LogP contribution in [0.5, 0.6) is 0 Å². The Hall–Kier alpha value is -1.58. The molecule has 1 aromatic heterocycles. The lowest BCUT2D eigenvalue weighted by Crippen LogP contribution is -2.43. The van der Waals surface area contributed by atoms with Crippen LogP contribution in [0.25, 0.3) is 0 Å². The first kappa shape index (κ1) is 21.7. The summed E-state index contributed by atoms with van der Waals surface area (Å²) in [5.41, 5.74) is 0. The van der Waals surface area contributed by atoms with Gasteiger partial charge >= 0.3 is 0 Å². The summed E-state index contributed by atoms with van der Waals surface area (Å²) < 4.78 is 30.4. The van der Waals surface area contributed by atoms with Crippen LogP contribution in [0.4, 0.5) is 0 Å². The summed E-state index contributed by atoms with van der Waals surface area (Å²) in [5.74, 6) is 1.68. The Balaban J connectivity index is 1.80. The normalized spacial score (nSPS) is 17.4. The average molecular weight is 400 g/mol. The lowest BCUT2D eigenvalue weighted by molar-refractivity contribution is 0.215. The Morgan fingerprint density at radius 3 is 2.67 bits per heavy atom. The van der Waals surface area contributed by atoms with Crippen LogP contribution in [0.3, 0.4) is 0 Å². The number of aliphatic imine (C=N–C) groups is 1. The number of guanidine groups is 1. The van der Waals surface area contributed by atoms with Crippen LogP contribution in [0.1, 0.15) is 38.0 Å². The molecule has 0 radical (unpaired) electrons. The number of hydrogen-bond acceptors (Lipinski definition) is 5. The van der Waals surface area contributed by atoms with E-state index in [-0.39, 0.29) is 6.04 Å². The Bertz CT molecular complexity index is 669. The van der Waals surface area contributed by atoms with Gasteiger partial charge in [0.2, 0.25) is 10.0 Å². The van der Waals surface area contributed by atoms with Crippen molar-refractivity contribution in [2.75, 3.05) is 52.6 Å². The minimum absolute atomic E-state index is 0.182. The first-order chi connectivity index (χ1) is 13.0. The van der Waals surface area contributed by atoms with E-state index in [1.807, 2.05) is 19.1 Å². The fourth-order valence-electron chi connectivity index (χ4n) is 3.38. The van der Waals surface area contributed by atoms with E-state index in [2.05, 4.69) is 20.5 Å². The van der Waals surface area contributed by atoms with Crippen LogP contribution in [0.2, 0.25) is 0 Å². The maximum absolute atomic E-state index is 11.6. The number of rotatable bonds is 10. The van der Waals surface area contributed by atoms with E-state index in [1.165, 1.54) is 23.4 Å². The van der Waals surface area contributed by atoms with Crippen molar-refractivity contribution in [3.8, 4) is 0 Å². The molecule has 1 aromatic rings. The van der Waals surface area contributed by atoms with E-state index in [1.54, 1.807) is 13.3 Å². The minimum atomic E-state index is -3.13. The molecule has 0 saturated carbocycles. The molecule has 9 heteroatoms. The first-order valence-electron chi connectivity index (χ1n) is 9.62. The standard InChI is InChI=1S/C18H33N5O3S/c1-4-23(27(3,24)25)13-8-10-20-18(19-2)21-15-16(17-9-7-14-26-17)22-11-5-6-12-22/h7,9,14,16H,4-6,8,10-13,15H2,1-3H3,(H2,19,20,21). The molecule has 1 unspecified atom stereocenters. The van der Waals surface area contributed by atoms with Gasteiger partial charge in [-0.25, -0.2) is 12.7 Å².